The lowest BCUT2D eigenvalue weighted by Gasteiger charge is -2.68. The van der Waals surface area contributed by atoms with Gasteiger partial charge in [0.05, 0.1) is 4.87 Å². The van der Waals surface area contributed by atoms with Crippen molar-refractivity contribution in [3.05, 3.63) is 0 Å². The third-order valence-corrected chi connectivity index (χ3v) is 7.69. The first kappa shape index (κ1) is 11.4. The highest BCUT2D eigenvalue weighted by atomic mass is 35.5. The summed E-state index contributed by atoms with van der Waals surface area (Å²) in [5, 5.41) is 0. The molecule has 0 spiro atoms. The first-order chi connectivity index (χ1) is 7.30. The van der Waals surface area contributed by atoms with Crippen LogP contribution < -0.4 is 0 Å². The molecule has 0 aromatic carbocycles. The van der Waals surface area contributed by atoms with Crippen molar-refractivity contribution in [1.29, 1.82) is 0 Å². The number of alkyl halides is 1. The van der Waals surface area contributed by atoms with E-state index in [1.165, 1.54) is 32.1 Å². The van der Waals surface area contributed by atoms with E-state index in [4.69, 9.17) is 11.6 Å². The zero-order valence-electron chi connectivity index (χ0n) is 11.1. The standard InChI is InChI=1S/C15H25Cl/c1-10-11-5-7-13(2,3)15(16)9-14(10,4)8-6-12(11)15/h10-12H,5-9H2,1-4H3/t10-,11-,12+,14+,15-/m1/s1. The predicted octanol–water partition coefficient (Wildman–Crippen LogP) is 4.86. The first-order valence-corrected chi connectivity index (χ1v) is 7.37. The van der Waals surface area contributed by atoms with Crippen molar-refractivity contribution in [2.75, 3.05) is 0 Å². The second kappa shape index (κ2) is 2.99. The summed E-state index contributed by atoms with van der Waals surface area (Å²) < 4.78 is 0. The molecule has 4 rings (SSSR count). The zero-order valence-corrected chi connectivity index (χ0v) is 11.9. The second-order valence-corrected chi connectivity index (χ2v) is 8.39. The second-order valence-electron chi connectivity index (χ2n) is 7.71. The van der Waals surface area contributed by atoms with Crippen LogP contribution in [-0.4, -0.2) is 4.87 Å². The molecule has 4 saturated carbocycles. The molecule has 0 heterocycles. The molecule has 92 valence electrons. The van der Waals surface area contributed by atoms with Crippen molar-refractivity contribution in [1.82, 2.24) is 0 Å². The van der Waals surface area contributed by atoms with Crippen molar-refractivity contribution in [3.63, 3.8) is 0 Å². The summed E-state index contributed by atoms with van der Waals surface area (Å²) in [7, 11) is 0. The molecule has 0 radical (unpaired) electrons. The molecule has 5 atom stereocenters. The lowest BCUT2D eigenvalue weighted by molar-refractivity contribution is -0.132. The molecule has 0 amide bonds. The molecule has 0 aromatic heterocycles. The zero-order chi connectivity index (χ0) is 11.8. The Morgan fingerprint density at radius 3 is 2.44 bits per heavy atom. The molecule has 16 heavy (non-hydrogen) atoms. The summed E-state index contributed by atoms with van der Waals surface area (Å²) in [6, 6.07) is 0. The monoisotopic (exact) mass is 240 g/mol. The van der Waals surface area contributed by atoms with E-state index < -0.39 is 0 Å². The van der Waals surface area contributed by atoms with Gasteiger partial charge in [0.15, 0.2) is 0 Å². The minimum Gasteiger partial charge on any atom is -0.118 e. The van der Waals surface area contributed by atoms with E-state index in [-0.39, 0.29) is 4.87 Å². The molecule has 0 saturated heterocycles. The van der Waals surface area contributed by atoms with E-state index in [0.29, 0.717) is 10.8 Å². The number of rotatable bonds is 0. The van der Waals surface area contributed by atoms with Crippen molar-refractivity contribution in [2.45, 2.75) is 64.7 Å². The van der Waals surface area contributed by atoms with E-state index in [1.807, 2.05) is 0 Å². The van der Waals surface area contributed by atoms with E-state index in [2.05, 4.69) is 27.7 Å². The Balaban J connectivity index is 2.07. The molecule has 4 bridgehead atoms. The predicted molar refractivity (Wildman–Crippen MR) is 69.7 cm³/mol. The van der Waals surface area contributed by atoms with E-state index in [0.717, 1.165) is 17.8 Å². The largest absolute Gasteiger partial charge is 0.118 e. The quantitative estimate of drug-likeness (QED) is 0.531. The van der Waals surface area contributed by atoms with Crippen LogP contribution in [0.2, 0.25) is 0 Å². The van der Waals surface area contributed by atoms with Crippen LogP contribution in [0.3, 0.4) is 0 Å². The average molecular weight is 241 g/mol. The maximum atomic E-state index is 7.15. The van der Waals surface area contributed by atoms with Gasteiger partial charge >= 0.3 is 0 Å². The van der Waals surface area contributed by atoms with Crippen molar-refractivity contribution >= 4 is 11.6 Å². The summed E-state index contributed by atoms with van der Waals surface area (Å²) in [6.07, 6.45) is 6.82. The highest BCUT2D eigenvalue weighted by Gasteiger charge is 2.65. The highest BCUT2D eigenvalue weighted by Crippen LogP contribution is 2.70. The van der Waals surface area contributed by atoms with Gasteiger partial charge in [-0.05, 0) is 60.7 Å². The third kappa shape index (κ3) is 1.13. The van der Waals surface area contributed by atoms with Crippen LogP contribution in [0.4, 0.5) is 0 Å². The molecule has 4 aliphatic rings. The van der Waals surface area contributed by atoms with Gasteiger partial charge in [-0.15, -0.1) is 11.6 Å². The Labute approximate surface area is 105 Å². The van der Waals surface area contributed by atoms with Crippen LogP contribution in [0.15, 0.2) is 0 Å². The van der Waals surface area contributed by atoms with Gasteiger partial charge in [-0.3, -0.25) is 0 Å². The Kier molecular flexibility index (Phi) is 2.13. The molecule has 0 N–H and O–H groups in total. The van der Waals surface area contributed by atoms with Gasteiger partial charge < -0.3 is 0 Å². The van der Waals surface area contributed by atoms with E-state index in [1.54, 1.807) is 0 Å². The van der Waals surface area contributed by atoms with Gasteiger partial charge in [-0.2, -0.15) is 0 Å². The number of halogens is 1. The van der Waals surface area contributed by atoms with Gasteiger partial charge in [0.1, 0.15) is 0 Å². The maximum Gasteiger partial charge on any atom is 0.0533 e. The average Bonchev–Trinajstić information content (AvgIpc) is 2.17. The molecule has 0 nitrogen and oxygen atoms in total. The fourth-order valence-corrected chi connectivity index (χ4v) is 5.93. The van der Waals surface area contributed by atoms with E-state index in [9.17, 15) is 0 Å². The number of fused-ring (bicyclic) bond motifs is 1. The Morgan fingerprint density at radius 2 is 1.75 bits per heavy atom. The lowest BCUT2D eigenvalue weighted by Crippen LogP contribution is -2.64. The summed E-state index contributed by atoms with van der Waals surface area (Å²) in [6.45, 7) is 9.81. The normalized spacial score (nSPS) is 58.7. The van der Waals surface area contributed by atoms with Crippen molar-refractivity contribution < 1.29 is 0 Å². The van der Waals surface area contributed by atoms with Crippen molar-refractivity contribution in [2.24, 2.45) is 28.6 Å². The van der Waals surface area contributed by atoms with Crippen LogP contribution in [0.1, 0.15) is 59.8 Å². The number of hydrogen-bond donors (Lipinski definition) is 0. The first-order valence-electron chi connectivity index (χ1n) is 6.99. The Bertz CT molecular complexity index is 321. The van der Waals surface area contributed by atoms with Crippen LogP contribution in [-0.2, 0) is 0 Å². The van der Waals surface area contributed by atoms with Gasteiger partial charge in [0, 0.05) is 0 Å². The van der Waals surface area contributed by atoms with Gasteiger partial charge in [-0.1, -0.05) is 27.7 Å². The molecule has 4 aliphatic carbocycles. The minimum atomic E-state index is 0.107. The molecule has 0 unspecified atom stereocenters. The van der Waals surface area contributed by atoms with Crippen LogP contribution in [0.25, 0.3) is 0 Å². The van der Waals surface area contributed by atoms with E-state index >= 15 is 0 Å². The topological polar surface area (TPSA) is 0 Å². The smallest absolute Gasteiger partial charge is 0.0533 e. The molecule has 0 aromatic rings. The molecular weight excluding hydrogens is 216 g/mol. The fraction of sp³-hybridized carbons (Fsp3) is 1.00. The Morgan fingerprint density at radius 1 is 1.06 bits per heavy atom. The summed E-state index contributed by atoms with van der Waals surface area (Å²) >= 11 is 7.15. The highest BCUT2D eigenvalue weighted by molar-refractivity contribution is 6.25. The van der Waals surface area contributed by atoms with Crippen LogP contribution >= 0.6 is 11.6 Å². The fourth-order valence-electron chi connectivity index (χ4n) is 5.26. The minimum absolute atomic E-state index is 0.107. The third-order valence-electron chi connectivity index (χ3n) is 6.76. The Hall–Kier alpha value is 0.290. The summed E-state index contributed by atoms with van der Waals surface area (Å²) in [5.74, 6) is 2.61. The van der Waals surface area contributed by atoms with Gasteiger partial charge in [0.2, 0.25) is 0 Å². The van der Waals surface area contributed by atoms with Crippen LogP contribution in [0, 0.1) is 28.6 Å². The lowest BCUT2D eigenvalue weighted by atomic mass is 9.40. The van der Waals surface area contributed by atoms with Crippen molar-refractivity contribution in [3.8, 4) is 0 Å². The SMILES string of the molecule is C[C@@H]1[C@H]2CCC(C)(C)[C@@]3(Cl)C[C@]1(C)CC[C@@H]23. The molecule has 0 aliphatic heterocycles. The van der Waals surface area contributed by atoms with Gasteiger partial charge in [-0.25, -0.2) is 0 Å². The number of hydrogen-bond acceptors (Lipinski definition) is 0. The summed E-state index contributed by atoms with van der Waals surface area (Å²) in [5.41, 5.74) is 0.871. The summed E-state index contributed by atoms with van der Waals surface area (Å²) in [4.78, 5) is 0.107. The molecule has 4 fully saturated rings. The van der Waals surface area contributed by atoms with Crippen LogP contribution in [0.5, 0.6) is 0 Å². The van der Waals surface area contributed by atoms with Gasteiger partial charge in [0.25, 0.3) is 0 Å². The maximum absolute atomic E-state index is 7.15. The molecular formula is C15H25Cl. The molecule has 1 heteroatoms.